The summed E-state index contributed by atoms with van der Waals surface area (Å²) >= 11 is 0. The first-order chi connectivity index (χ1) is 3.66. The number of allylic oxidation sites excluding steroid dienone is 1. The largest absolute Gasteiger partial charge is 0.385 e. The molecule has 8 heavy (non-hydrogen) atoms. The fourth-order valence-corrected chi connectivity index (χ4v) is 0.305. The summed E-state index contributed by atoms with van der Waals surface area (Å²) in [5.41, 5.74) is 5.74. The van der Waals surface area contributed by atoms with Crippen LogP contribution in [-0.2, 0) is 0 Å². The van der Waals surface area contributed by atoms with Gasteiger partial charge in [0.05, 0.1) is 5.82 Å². The Morgan fingerprint density at radius 3 is 2.38 bits per heavy atom. The van der Waals surface area contributed by atoms with Crippen molar-refractivity contribution >= 4 is 5.71 Å². The smallest absolute Gasteiger partial charge is 0.0975 e. The van der Waals surface area contributed by atoms with Crippen LogP contribution in [0.3, 0.4) is 0 Å². The molecule has 0 aromatic heterocycles. The Bertz CT molecular complexity index is 115. The van der Waals surface area contributed by atoms with E-state index >= 15 is 0 Å². The van der Waals surface area contributed by atoms with Crippen molar-refractivity contribution in [3.05, 3.63) is 11.9 Å². The summed E-state index contributed by atoms with van der Waals surface area (Å²) in [6.07, 6.45) is 1.56. The Balaban J connectivity index is 3.75. The highest BCUT2D eigenvalue weighted by Crippen LogP contribution is 1.75. The van der Waals surface area contributed by atoms with Gasteiger partial charge >= 0.3 is 0 Å². The third kappa shape index (κ3) is 3.21. The molecule has 0 spiro atoms. The number of hydrogen-bond donors (Lipinski definition) is 3. The first kappa shape index (κ1) is 7.01. The van der Waals surface area contributed by atoms with Crippen molar-refractivity contribution in [3.63, 3.8) is 0 Å². The number of nitrogens with two attached hydrogens (primary N) is 1. The summed E-state index contributed by atoms with van der Waals surface area (Å²) in [7, 11) is 1.72. The molecule has 4 N–H and O–H groups in total. The lowest BCUT2D eigenvalue weighted by Crippen LogP contribution is -2.15. The highest BCUT2D eigenvalue weighted by Gasteiger charge is 1.81. The van der Waals surface area contributed by atoms with Gasteiger partial charge in [0.15, 0.2) is 0 Å². The van der Waals surface area contributed by atoms with E-state index in [4.69, 9.17) is 11.1 Å². The molecule has 0 unspecified atom stereocenters. The minimum atomic E-state index is 0.455. The van der Waals surface area contributed by atoms with Gasteiger partial charge in [0.25, 0.3) is 0 Å². The molecule has 0 atom stereocenters. The van der Waals surface area contributed by atoms with Gasteiger partial charge in [-0.05, 0) is 13.0 Å². The van der Waals surface area contributed by atoms with Gasteiger partial charge in [-0.25, -0.2) is 0 Å². The number of hydrogen-bond acceptors (Lipinski definition) is 3. The highest BCUT2D eigenvalue weighted by molar-refractivity contribution is 5.90. The fraction of sp³-hybridized carbons (Fsp3) is 0.400. The normalized spacial score (nSPS) is 11.0. The molecule has 0 saturated heterocycles. The Morgan fingerprint density at radius 2 is 2.25 bits per heavy atom. The van der Waals surface area contributed by atoms with E-state index < -0.39 is 0 Å². The summed E-state index contributed by atoms with van der Waals surface area (Å²) in [4.78, 5) is 0. The summed E-state index contributed by atoms with van der Waals surface area (Å²) in [5, 5.41) is 9.63. The van der Waals surface area contributed by atoms with Crippen LogP contribution in [0.4, 0.5) is 0 Å². The van der Waals surface area contributed by atoms with Crippen LogP contribution in [0.5, 0.6) is 0 Å². The molecule has 0 amide bonds. The maximum atomic E-state index is 6.93. The van der Waals surface area contributed by atoms with Gasteiger partial charge in [0, 0.05) is 12.8 Å². The van der Waals surface area contributed by atoms with Crippen molar-refractivity contribution in [1.82, 2.24) is 5.32 Å². The van der Waals surface area contributed by atoms with E-state index in [0.717, 1.165) is 0 Å². The zero-order valence-electron chi connectivity index (χ0n) is 5.15. The fourth-order valence-electron chi connectivity index (χ4n) is 0.305. The van der Waals surface area contributed by atoms with Crippen molar-refractivity contribution in [3.8, 4) is 0 Å². The quantitative estimate of drug-likeness (QED) is 0.443. The molecular formula is C5H11N3. The first-order valence-corrected chi connectivity index (χ1v) is 2.37. The van der Waals surface area contributed by atoms with Crippen LogP contribution in [0.25, 0.3) is 0 Å². The second-order valence-corrected chi connectivity index (χ2v) is 1.53. The second kappa shape index (κ2) is 3.07. The molecule has 0 aliphatic carbocycles. The van der Waals surface area contributed by atoms with Gasteiger partial charge in [0.2, 0.25) is 0 Å². The lowest BCUT2D eigenvalue weighted by atomic mass is 10.4. The summed E-state index contributed by atoms with van der Waals surface area (Å²) in [5.74, 6) is 0.525. The Labute approximate surface area is 49.1 Å². The highest BCUT2D eigenvalue weighted by atomic mass is 14.9. The predicted molar refractivity (Wildman–Crippen MR) is 34.7 cm³/mol. The molecule has 0 aliphatic rings. The number of rotatable bonds is 2. The van der Waals surface area contributed by atoms with Gasteiger partial charge in [-0.3, -0.25) is 0 Å². The van der Waals surface area contributed by atoms with Crippen molar-refractivity contribution in [1.29, 1.82) is 5.41 Å². The van der Waals surface area contributed by atoms with Gasteiger partial charge in [-0.2, -0.15) is 0 Å². The Kier molecular flexibility index (Phi) is 2.69. The minimum Gasteiger partial charge on any atom is -0.385 e. The molecule has 0 bridgehead atoms. The molecule has 0 saturated carbocycles. The average molecular weight is 113 g/mol. The van der Waals surface area contributed by atoms with E-state index in [0.29, 0.717) is 11.5 Å². The van der Waals surface area contributed by atoms with Gasteiger partial charge < -0.3 is 16.5 Å². The van der Waals surface area contributed by atoms with Crippen LogP contribution in [0.15, 0.2) is 11.9 Å². The molecule has 0 fully saturated rings. The van der Waals surface area contributed by atoms with Crippen molar-refractivity contribution in [2.45, 2.75) is 6.92 Å². The third-order valence-corrected chi connectivity index (χ3v) is 0.661. The second-order valence-electron chi connectivity index (χ2n) is 1.53. The van der Waals surface area contributed by atoms with E-state index in [1.165, 1.54) is 0 Å². The van der Waals surface area contributed by atoms with Crippen LogP contribution in [-0.4, -0.2) is 12.8 Å². The van der Waals surface area contributed by atoms with Crippen LogP contribution in [0.2, 0.25) is 0 Å². The number of nitrogens with one attached hydrogen (secondary N) is 2. The molecule has 0 aliphatic heterocycles. The first-order valence-electron chi connectivity index (χ1n) is 2.37. The van der Waals surface area contributed by atoms with Crippen molar-refractivity contribution < 1.29 is 0 Å². The van der Waals surface area contributed by atoms with Crippen LogP contribution >= 0.6 is 0 Å². The molecular weight excluding hydrogens is 102 g/mol. The SMILES string of the molecule is CN/C(N)=C/C(C)=N. The maximum absolute atomic E-state index is 6.93. The molecule has 0 heterocycles. The molecule has 3 heteroatoms. The molecule has 0 aromatic carbocycles. The summed E-state index contributed by atoms with van der Waals surface area (Å²) in [6, 6.07) is 0. The lowest BCUT2D eigenvalue weighted by molar-refractivity contribution is 0.967. The van der Waals surface area contributed by atoms with E-state index in [2.05, 4.69) is 5.32 Å². The van der Waals surface area contributed by atoms with Gasteiger partial charge in [0.1, 0.15) is 0 Å². The van der Waals surface area contributed by atoms with Crippen LogP contribution in [0, 0.1) is 5.41 Å². The third-order valence-electron chi connectivity index (χ3n) is 0.661. The molecule has 46 valence electrons. The zero-order valence-corrected chi connectivity index (χ0v) is 5.15. The molecule has 3 nitrogen and oxygen atoms in total. The van der Waals surface area contributed by atoms with E-state index in [1.54, 1.807) is 20.0 Å². The summed E-state index contributed by atoms with van der Waals surface area (Å²) < 4.78 is 0. The van der Waals surface area contributed by atoms with Crippen LogP contribution in [0.1, 0.15) is 6.92 Å². The standard InChI is InChI=1S/C5H11N3/c1-4(6)3-5(7)8-2/h3,6,8H,7H2,1-2H3/b5-3+,6-4?. The lowest BCUT2D eigenvalue weighted by Gasteiger charge is -1.95. The zero-order chi connectivity index (χ0) is 6.57. The molecule has 0 rings (SSSR count). The predicted octanol–water partition coefficient (Wildman–Crippen LogP) is 0.0456. The van der Waals surface area contributed by atoms with Gasteiger partial charge in [-0.15, -0.1) is 0 Å². The van der Waals surface area contributed by atoms with Gasteiger partial charge in [-0.1, -0.05) is 0 Å². The maximum Gasteiger partial charge on any atom is 0.0975 e. The Hall–Kier alpha value is -0.990. The molecule has 0 aromatic rings. The monoisotopic (exact) mass is 113 g/mol. The average Bonchev–Trinajstić information content (AvgIpc) is 1.65. The molecule has 0 radical (unpaired) electrons. The summed E-state index contributed by atoms with van der Waals surface area (Å²) in [6.45, 7) is 1.67. The van der Waals surface area contributed by atoms with Crippen molar-refractivity contribution in [2.75, 3.05) is 7.05 Å². The van der Waals surface area contributed by atoms with Crippen molar-refractivity contribution in [2.24, 2.45) is 5.73 Å². The van der Waals surface area contributed by atoms with E-state index in [9.17, 15) is 0 Å². The van der Waals surface area contributed by atoms with E-state index in [-0.39, 0.29) is 0 Å². The van der Waals surface area contributed by atoms with E-state index in [1.807, 2.05) is 0 Å². The van der Waals surface area contributed by atoms with Crippen LogP contribution < -0.4 is 11.1 Å². The minimum absolute atomic E-state index is 0.455. The Morgan fingerprint density at radius 1 is 1.75 bits per heavy atom. The topological polar surface area (TPSA) is 61.9 Å².